The maximum absolute atomic E-state index is 11.5. The van der Waals surface area contributed by atoms with Crippen molar-refractivity contribution in [1.82, 2.24) is 14.6 Å². The molecule has 2 heterocycles. The van der Waals surface area contributed by atoms with Crippen LogP contribution in [0.3, 0.4) is 0 Å². The molecule has 2 aromatic heterocycles. The molecule has 4 rings (SSSR count). The number of sulfonamides is 1. The van der Waals surface area contributed by atoms with E-state index in [9.17, 15) is 13.2 Å². The van der Waals surface area contributed by atoms with Crippen LogP contribution in [0.1, 0.15) is 34.5 Å². The molecule has 3 aromatic rings. The minimum Gasteiger partial charge on any atom is -0.367 e. The van der Waals surface area contributed by atoms with Crippen molar-refractivity contribution in [3.63, 3.8) is 0 Å². The van der Waals surface area contributed by atoms with Crippen molar-refractivity contribution in [1.29, 1.82) is 0 Å². The van der Waals surface area contributed by atoms with Crippen LogP contribution in [0.2, 0.25) is 0 Å². The summed E-state index contributed by atoms with van der Waals surface area (Å²) in [5, 5.41) is 12.8. The van der Waals surface area contributed by atoms with Crippen LogP contribution in [0.5, 0.6) is 0 Å². The van der Waals surface area contributed by atoms with E-state index >= 15 is 0 Å². The number of aromatic nitrogens is 3. The van der Waals surface area contributed by atoms with Gasteiger partial charge in [0.05, 0.1) is 22.3 Å². The van der Waals surface area contributed by atoms with Crippen molar-refractivity contribution in [3.05, 3.63) is 53.3 Å². The molecule has 1 aliphatic carbocycles. The first-order chi connectivity index (χ1) is 12.4. The van der Waals surface area contributed by atoms with Crippen molar-refractivity contribution < 1.29 is 13.2 Å². The van der Waals surface area contributed by atoms with Crippen molar-refractivity contribution in [3.8, 4) is 0 Å². The van der Waals surface area contributed by atoms with Crippen LogP contribution in [-0.4, -0.2) is 35.3 Å². The lowest BCUT2D eigenvalue weighted by molar-refractivity contribution is 0.112. The SMILES string of the molecule is NS(=O)(=O)c1cccc(Cc2cc(NC3CC3)n3ncc(C=O)c3n2)c1. The number of nitrogens with two attached hydrogens (primary N) is 1. The second kappa shape index (κ2) is 6.19. The van der Waals surface area contributed by atoms with E-state index in [0.29, 0.717) is 29.4 Å². The van der Waals surface area contributed by atoms with Gasteiger partial charge in [-0.05, 0) is 30.5 Å². The summed E-state index contributed by atoms with van der Waals surface area (Å²) >= 11 is 0. The third-order valence-electron chi connectivity index (χ3n) is 4.22. The number of carbonyl (C=O) groups excluding carboxylic acids is 1. The number of hydrogen-bond acceptors (Lipinski definition) is 6. The number of nitrogens with one attached hydrogen (secondary N) is 1. The highest BCUT2D eigenvalue weighted by Gasteiger charge is 2.23. The van der Waals surface area contributed by atoms with Crippen molar-refractivity contribution in [2.24, 2.45) is 5.14 Å². The Hall–Kier alpha value is -2.78. The molecule has 0 amide bonds. The largest absolute Gasteiger partial charge is 0.367 e. The fourth-order valence-electron chi connectivity index (χ4n) is 2.78. The summed E-state index contributed by atoms with van der Waals surface area (Å²) in [4.78, 5) is 15.8. The molecular weight excluding hydrogens is 354 g/mol. The van der Waals surface area contributed by atoms with Crippen LogP contribution < -0.4 is 10.5 Å². The molecule has 26 heavy (non-hydrogen) atoms. The Labute approximate surface area is 150 Å². The van der Waals surface area contributed by atoms with Gasteiger partial charge in [0.25, 0.3) is 0 Å². The molecule has 0 atom stereocenters. The number of nitrogens with zero attached hydrogens (tertiary/aromatic N) is 3. The third kappa shape index (κ3) is 3.31. The van der Waals surface area contributed by atoms with Gasteiger partial charge in [0.1, 0.15) is 5.82 Å². The number of fused-ring (bicyclic) bond motifs is 1. The van der Waals surface area contributed by atoms with Crippen molar-refractivity contribution in [2.75, 3.05) is 5.32 Å². The van der Waals surface area contributed by atoms with Gasteiger partial charge in [0.15, 0.2) is 11.9 Å². The average Bonchev–Trinajstić information content (AvgIpc) is 3.31. The van der Waals surface area contributed by atoms with Gasteiger partial charge >= 0.3 is 0 Å². The van der Waals surface area contributed by atoms with Crippen LogP contribution >= 0.6 is 0 Å². The van der Waals surface area contributed by atoms with Gasteiger partial charge < -0.3 is 5.32 Å². The van der Waals surface area contributed by atoms with Gasteiger partial charge in [-0.25, -0.2) is 18.5 Å². The zero-order valence-corrected chi connectivity index (χ0v) is 14.6. The molecule has 9 heteroatoms. The topological polar surface area (TPSA) is 119 Å². The second-order valence-electron chi connectivity index (χ2n) is 6.37. The van der Waals surface area contributed by atoms with Crippen LogP contribution in [0.4, 0.5) is 5.82 Å². The van der Waals surface area contributed by atoms with Gasteiger partial charge in [0.2, 0.25) is 10.0 Å². The Morgan fingerprint density at radius 2 is 2.12 bits per heavy atom. The molecule has 0 spiro atoms. The van der Waals surface area contributed by atoms with E-state index in [2.05, 4.69) is 15.4 Å². The van der Waals surface area contributed by atoms with E-state index in [1.807, 2.05) is 12.1 Å². The smallest absolute Gasteiger partial charge is 0.238 e. The first kappa shape index (κ1) is 16.7. The number of benzene rings is 1. The molecule has 0 radical (unpaired) electrons. The lowest BCUT2D eigenvalue weighted by Crippen LogP contribution is -2.12. The summed E-state index contributed by atoms with van der Waals surface area (Å²) in [5.41, 5.74) is 2.35. The molecule has 1 saturated carbocycles. The fraction of sp³-hybridized carbons (Fsp3) is 0.235. The summed E-state index contributed by atoms with van der Waals surface area (Å²) in [5.74, 6) is 0.767. The third-order valence-corrected chi connectivity index (χ3v) is 5.13. The Morgan fingerprint density at radius 3 is 2.81 bits per heavy atom. The van der Waals surface area contributed by atoms with E-state index in [-0.39, 0.29) is 4.90 Å². The van der Waals surface area contributed by atoms with Crippen LogP contribution in [0.15, 0.2) is 41.4 Å². The highest BCUT2D eigenvalue weighted by molar-refractivity contribution is 7.89. The van der Waals surface area contributed by atoms with E-state index in [4.69, 9.17) is 5.14 Å². The molecule has 1 aliphatic rings. The number of rotatable bonds is 6. The molecular formula is C17H17N5O3S. The summed E-state index contributed by atoms with van der Waals surface area (Å²) in [6.07, 6.45) is 4.80. The van der Waals surface area contributed by atoms with E-state index in [1.165, 1.54) is 18.3 Å². The van der Waals surface area contributed by atoms with Crippen LogP contribution in [-0.2, 0) is 16.4 Å². The molecule has 0 unspecified atom stereocenters. The molecule has 3 N–H and O–H groups in total. The number of hydrogen-bond donors (Lipinski definition) is 2. The van der Waals surface area contributed by atoms with Gasteiger partial charge in [-0.3, -0.25) is 4.79 Å². The highest BCUT2D eigenvalue weighted by atomic mass is 32.2. The maximum atomic E-state index is 11.5. The van der Waals surface area contributed by atoms with Crippen LogP contribution in [0, 0.1) is 0 Å². The van der Waals surface area contributed by atoms with Gasteiger partial charge in [-0.2, -0.15) is 9.61 Å². The fourth-order valence-corrected chi connectivity index (χ4v) is 3.37. The number of anilines is 1. The number of carbonyl (C=O) groups is 1. The number of primary sulfonamides is 1. The van der Waals surface area contributed by atoms with Crippen molar-refractivity contribution >= 4 is 27.8 Å². The van der Waals surface area contributed by atoms with Gasteiger partial charge in [0, 0.05) is 18.5 Å². The van der Waals surface area contributed by atoms with E-state index in [1.54, 1.807) is 10.6 Å². The monoisotopic (exact) mass is 371 g/mol. The average molecular weight is 371 g/mol. The normalized spacial score (nSPS) is 14.5. The predicted octanol–water partition coefficient (Wildman–Crippen LogP) is 1.35. The molecule has 8 nitrogen and oxygen atoms in total. The summed E-state index contributed by atoms with van der Waals surface area (Å²) in [7, 11) is -3.76. The first-order valence-corrected chi connectivity index (χ1v) is 9.70. The molecule has 0 bridgehead atoms. The van der Waals surface area contributed by atoms with Gasteiger partial charge in [-0.15, -0.1) is 0 Å². The molecule has 0 saturated heterocycles. The summed E-state index contributed by atoms with van der Waals surface area (Å²) in [6.45, 7) is 0. The zero-order chi connectivity index (χ0) is 18.3. The quantitative estimate of drug-likeness (QED) is 0.631. The molecule has 1 fully saturated rings. The summed E-state index contributed by atoms with van der Waals surface area (Å²) in [6, 6.07) is 8.72. The Morgan fingerprint density at radius 1 is 1.31 bits per heavy atom. The first-order valence-electron chi connectivity index (χ1n) is 8.15. The van der Waals surface area contributed by atoms with Crippen molar-refractivity contribution in [2.45, 2.75) is 30.2 Å². The second-order valence-corrected chi connectivity index (χ2v) is 7.94. The van der Waals surface area contributed by atoms with E-state index < -0.39 is 10.0 Å². The lowest BCUT2D eigenvalue weighted by atomic mass is 10.1. The minimum absolute atomic E-state index is 0.0605. The Balaban J connectivity index is 1.75. The Bertz CT molecular complexity index is 1100. The molecule has 134 valence electrons. The minimum atomic E-state index is -3.76. The number of aldehydes is 1. The molecule has 1 aromatic carbocycles. The lowest BCUT2D eigenvalue weighted by Gasteiger charge is -2.10. The zero-order valence-electron chi connectivity index (χ0n) is 13.8. The van der Waals surface area contributed by atoms with Crippen LogP contribution in [0.25, 0.3) is 5.65 Å². The summed E-state index contributed by atoms with van der Waals surface area (Å²) < 4.78 is 24.7. The standard InChI is InChI=1S/C17H17N5O3S/c18-26(24,25)15-3-1-2-11(7-15)6-14-8-16(20-13-4-5-13)22-17(21-14)12(10-23)9-19-22/h1-3,7-10,13,20H,4-6H2,(H2,18,24,25). The van der Waals surface area contributed by atoms with Gasteiger partial charge in [-0.1, -0.05) is 12.1 Å². The Kier molecular flexibility index (Phi) is 3.97. The predicted molar refractivity (Wildman–Crippen MR) is 95.6 cm³/mol. The van der Waals surface area contributed by atoms with E-state index in [0.717, 1.165) is 30.5 Å². The molecule has 0 aliphatic heterocycles. The maximum Gasteiger partial charge on any atom is 0.238 e. The highest BCUT2D eigenvalue weighted by Crippen LogP contribution is 2.26.